The number of para-hydroxylation sites is 2. The molecule has 3 nitrogen and oxygen atoms in total. The van der Waals surface area contributed by atoms with Crippen molar-refractivity contribution in [3.63, 3.8) is 0 Å². The normalized spacial score (nSPS) is 11.8. The number of rotatable bonds is 3. The second-order valence-corrected chi connectivity index (χ2v) is 8.90. The Labute approximate surface area is 203 Å². The van der Waals surface area contributed by atoms with Gasteiger partial charge in [-0.05, 0) is 77.2 Å². The molecule has 0 N–H and O–H groups in total. The Morgan fingerprint density at radius 2 is 1.17 bits per heavy atom. The van der Waals surface area contributed by atoms with Crippen LogP contribution in [0.2, 0.25) is 0 Å². The van der Waals surface area contributed by atoms with Crippen LogP contribution in [0.1, 0.15) is 5.82 Å². The van der Waals surface area contributed by atoms with Gasteiger partial charge in [0.15, 0.2) is 11.5 Å². The molecule has 0 saturated carbocycles. The first-order chi connectivity index (χ1) is 17.3. The summed E-state index contributed by atoms with van der Waals surface area (Å²) < 4.78 is 8.49. The van der Waals surface area contributed by atoms with Crippen LogP contribution >= 0.6 is 0 Å². The Kier molecular flexibility index (Phi) is 4.36. The van der Waals surface area contributed by atoms with Crippen molar-refractivity contribution in [3.8, 4) is 50.6 Å². The zero-order valence-corrected chi connectivity index (χ0v) is 19.3. The van der Waals surface area contributed by atoms with Gasteiger partial charge in [0.2, 0.25) is 0 Å². The van der Waals surface area contributed by atoms with Crippen LogP contribution in [0.15, 0.2) is 115 Å². The molecule has 0 fully saturated rings. The Balaban J connectivity index is 1.49. The molecule has 0 spiro atoms. The number of aromatic nitrogens is 2. The molecule has 1 aromatic heterocycles. The molecule has 0 bridgehead atoms. The third-order valence-electron chi connectivity index (χ3n) is 6.72. The van der Waals surface area contributed by atoms with Crippen molar-refractivity contribution < 1.29 is 4.74 Å². The van der Waals surface area contributed by atoms with Gasteiger partial charge in [0.1, 0.15) is 16.9 Å². The Morgan fingerprint density at radius 3 is 1.86 bits per heavy atom. The molecule has 6 aromatic rings. The molecule has 7 rings (SSSR count). The van der Waals surface area contributed by atoms with Crippen LogP contribution in [0.3, 0.4) is 0 Å². The number of fused-ring (bicyclic) bond motifs is 2. The summed E-state index contributed by atoms with van der Waals surface area (Å²) >= 11 is 0. The minimum Gasteiger partial charge on any atom is -0.453 e. The lowest BCUT2D eigenvalue weighted by molar-refractivity contribution is 0.475. The number of ether oxygens (including phenoxy) is 1. The van der Waals surface area contributed by atoms with Crippen LogP contribution in [0.4, 0.5) is 0 Å². The highest BCUT2D eigenvalue weighted by Crippen LogP contribution is 2.44. The summed E-state index contributed by atoms with van der Waals surface area (Å²) in [5.74, 6) is 2.64. The molecule has 0 atom stereocenters. The standard InChI is InChI=1S/C32H22N2O/c1-21-33-31-27(16-17-30-32(31)34(21)28-14-8-9-15-29(28)35-30)26-19-24(22-10-4-2-5-11-22)18-25(20-26)23-12-6-3-7-13-23/h2-20H,1H3. The molecular formula is C32H22N2O. The van der Waals surface area contributed by atoms with Crippen molar-refractivity contribution in [3.05, 3.63) is 121 Å². The van der Waals surface area contributed by atoms with E-state index in [1.807, 2.05) is 18.2 Å². The molecule has 166 valence electrons. The van der Waals surface area contributed by atoms with Crippen LogP contribution in [-0.2, 0) is 0 Å². The lowest BCUT2D eigenvalue weighted by atomic mass is 9.93. The third kappa shape index (κ3) is 3.17. The summed E-state index contributed by atoms with van der Waals surface area (Å²) in [7, 11) is 0. The maximum absolute atomic E-state index is 6.28. The first-order valence-electron chi connectivity index (χ1n) is 11.8. The van der Waals surface area contributed by atoms with E-state index in [-0.39, 0.29) is 0 Å². The number of hydrogen-bond acceptors (Lipinski definition) is 2. The van der Waals surface area contributed by atoms with Crippen molar-refractivity contribution in [2.45, 2.75) is 6.92 Å². The summed E-state index contributed by atoms with van der Waals surface area (Å²) in [6.45, 7) is 2.06. The third-order valence-corrected chi connectivity index (χ3v) is 6.72. The van der Waals surface area contributed by atoms with Crippen molar-refractivity contribution in [2.75, 3.05) is 0 Å². The number of hydrogen-bond donors (Lipinski definition) is 0. The van der Waals surface area contributed by atoms with Gasteiger partial charge in [-0.1, -0.05) is 72.8 Å². The predicted octanol–water partition coefficient (Wildman–Crippen LogP) is 8.44. The molecule has 5 aromatic carbocycles. The SMILES string of the molecule is Cc1nc2c(-c3cc(-c4ccccc4)cc(-c4ccccc4)c3)ccc3c2n1-c1ccccc1O3. The van der Waals surface area contributed by atoms with Gasteiger partial charge >= 0.3 is 0 Å². The molecule has 0 radical (unpaired) electrons. The summed E-state index contributed by atoms with van der Waals surface area (Å²) in [5.41, 5.74) is 10.00. The fourth-order valence-electron chi connectivity index (χ4n) is 5.10. The number of benzene rings is 5. The Morgan fingerprint density at radius 1 is 0.571 bits per heavy atom. The smallest absolute Gasteiger partial charge is 0.153 e. The van der Waals surface area contributed by atoms with Crippen molar-refractivity contribution in [1.82, 2.24) is 9.55 Å². The summed E-state index contributed by atoms with van der Waals surface area (Å²) in [4.78, 5) is 5.05. The van der Waals surface area contributed by atoms with E-state index >= 15 is 0 Å². The highest BCUT2D eigenvalue weighted by molar-refractivity contribution is 5.99. The van der Waals surface area contributed by atoms with E-state index in [1.54, 1.807) is 0 Å². The van der Waals surface area contributed by atoms with Gasteiger partial charge in [-0.3, -0.25) is 4.57 Å². The topological polar surface area (TPSA) is 27.1 Å². The Hall–Kier alpha value is -4.63. The molecule has 1 aliphatic rings. The zero-order valence-electron chi connectivity index (χ0n) is 19.3. The zero-order chi connectivity index (χ0) is 23.4. The largest absolute Gasteiger partial charge is 0.453 e. The number of nitrogens with zero attached hydrogens (tertiary/aromatic N) is 2. The number of imidazole rings is 1. The fraction of sp³-hybridized carbons (Fsp3) is 0.0312. The summed E-state index contributed by atoms with van der Waals surface area (Å²) in [5, 5.41) is 0. The maximum atomic E-state index is 6.28. The van der Waals surface area contributed by atoms with Gasteiger partial charge in [0, 0.05) is 5.56 Å². The molecule has 0 aliphatic carbocycles. The van der Waals surface area contributed by atoms with Gasteiger partial charge in [-0.25, -0.2) is 4.98 Å². The first-order valence-corrected chi connectivity index (χ1v) is 11.8. The van der Waals surface area contributed by atoms with Crippen molar-refractivity contribution in [1.29, 1.82) is 0 Å². The summed E-state index contributed by atoms with van der Waals surface area (Å²) in [6.07, 6.45) is 0. The maximum Gasteiger partial charge on any atom is 0.153 e. The molecule has 3 heteroatoms. The lowest BCUT2D eigenvalue weighted by Gasteiger charge is -2.21. The second-order valence-electron chi connectivity index (χ2n) is 8.90. The first kappa shape index (κ1) is 19.8. The van der Waals surface area contributed by atoms with E-state index in [4.69, 9.17) is 9.72 Å². The van der Waals surface area contributed by atoms with Gasteiger partial charge in [0.05, 0.1) is 5.69 Å². The predicted molar refractivity (Wildman–Crippen MR) is 142 cm³/mol. The van der Waals surface area contributed by atoms with Crippen LogP contribution in [0, 0.1) is 6.92 Å². The molecule has 1 aliphatic heterocycles. The second kappa shape index (κ2) is 7.71. The van der Waals surface area contributed by atoms with Gasteiger partial charge in [0.25, 0.3) is 0 Å². The van der Waals surface area contributed by atoms with E-state index < -0.39 is 0 Å². The molecule has 0 amide bonds. The van der Waals surface area contributed by atoms with Crippen molar-refractivity contribution >= 4 is 11.0 Å². The van der Waals surface area contributed by atoms with E-state index in [0.29, 0.717) is 0 Å². The molecule has 35 heavy (non-hydrogen) atoms. The molecule has 0 saturated heterocycles. The molecular weight excluding hydrogens is 428 g/mol. The molecule has 0 unspecified atom stereocenters. The minimum atomic E-state index is 0.838. The average Bonchev–Trinajstić information content (AvgIpc) is 3.28. The lowest BCUT2D eigenvalue weighted by Crippen LogP contribution is -2.05. The van der Waals surface area contributed by atoms with Crippen LogP contribution in [-0.4, -0.2) is 9.55 Å². The van der Waals surface area contributed by atoms with Crippen molar-refractivity contribution in [2.24, 2.45) is 0 Å². The monoisotopic (exact) mass is 450 g/mol. The highest BCUT2D eigenvalue weighted by atomic mass is 16.5. The van der Waals surface area contributed by atoms with Crippen LogP contribution in [0.5, 0.6) is 11.5 Å². The highest BCUT2D eigenvalue weighted by Gasteiger charge is 2.25. The van der Waals surface area contributed by atoms with Crippen LogP contribution in [0.25, 0.3) is 50.1 Å². The van der Waals surface area contributed by atoms with Gasteiger partial charge < -0.3 is 4.74 Å². The molecule has 2 heterocycles. The Bertz CT molecular complexity index is 1660. The van der Waals surface area contributed by atoms with Crippen LogP contribution < -0.4 is 4.74 Å². The van der Waals surface area contributed by atoms with E-state index in [0.717, 1.165) is 45.2 Å². The average molecular weight is 451 g/mol. The number of aryl methyl sites for hydroxylation is 1. The van der Waals surface area contributed by atoms with E-state index in [1.165, 1.54) is 22.3 Å². The van der Waals surface area contributed by atoms with E-state index in [9.17, 15) is 0 Å². The van der Waals surface area contributed by atoms with Gasteiger partial charge in [-0.15, -0.1) is 0 Å². The quantitative estimate of drug-likeness (QED) is 0.270. The fourth-order valence-corrected chi connectivity index (χ4v) is 5.10. The minimum absolute atomic E-state index is 0.838. The van der Waals surface area contributed by atoms with Gasteiger partial charge in [-0.2, -0.15) is 0 Å². The van der Waals surface area contributed by atoms with E-state index in [2.05, 4.69) is 109 Å². The summed E-state index contributed by atoms with van der Waals surface area (Å²) in [6, 6.07) is 40.3.